The number of thiocarbonyl (C=S) groups is 1. The summed E-state index contributed by atoms with van der Waals surface area (Å²) in [6.45, 7) is 3.63. The number of aliphatic hydroxyl groups is 1. The van der Waals surface area contributed by atoms with Crippen molar-refractivity contribution in [2.45, 2.75) is 0 Å². The molecule has 3 heteroatoms. The van der Waals surface area contributed by atoms with Gasteiger partial charge in [0.1, 0.15) is 0 Å². The highest BCUT2D eigenvalue weighted by Crippen LogP contribution is 2.19. The summed E-state index contributed by atoms with van der Waals surface area (Å²) in [4.78, 5) is 0. The Hall–Kier alpha value is -1.87. The van der Waals surface area contributed by atoms with Crippen LogP contribution in [0.4, 0.5) is 5.69 Å². The highest BCUT2D eigenvalue weighted by atomic mass is 32.1. The molecular weight excluding hydrogens is 218 g/mol. The lowest BCUT2D eigenvalue weighted by Gasteiger charge is -2.08. The summed E-state index contributed by atoms with van der Waals surface area (Å²) in [6, 6.07) is 14.0. The van der Waals surface area contributed by atoms with Gasteiger partial charge in [0.05, 0.1) is 5.70 Å². The second-order valence-corrected chi connectivity index (χ2v) is 3.86. The van der Waals surface area contributed by atoms with Gasteiger partial charge in [-0.1, -0.05) is 36.9 Å². The zero-order valence-electron chi connectivity index (χ0n) is 8.60. The molecule has 0 aliphatic heterocycles. The van der Waals surface area contributed by atoms with E-state index in [1.807, 2.05) is 42.5 Å². The van der Waals surface area contributed by atoms with Crippen molar-refractivity contribution in [3.8, 4) is 0 Å². The van der Waals surface area contributed by atoms with Gasteiger partial charge in [-0.15, -0.1) is 0 Å². The van der Waals surface area contributed by atoms with Crippen LogP contribution < -0.4 is 5.32 Å². The van der Waals surface area contributed by atoms with Crippen LogP contribution in [0.1, 0.15) is 0 Å². The minimum absolute atomic E-state index is 0.215. The zero-order chi connectivity index (χ0) is 11.5. The molecule has 80 valence electrons. The number of fused-ring (bicyclic) bond motifs is 1. The van der Waals surface area contributed by atoms with E-state index >= 15 is 0 Å². The number of benzene rings is 2. The first kappa shape index (κ1) is 10.6. The fourth-order valence-corrected chi connectivity index (χ4v) is 1.55. The summed E-state index contributed by atoms with van der Waals surface area (Å²) >= 11 is 4.61. The maximum atomic E-state index is 9.06. The topological polar surface area (TPSA) is 32.3 Å². The number of rotatable bonds is 3. The fourth-order valence-electron chi connectivity index (χ4n) is 1.49. The van der Waals surface area contributed by atoms with Crippen molar-refractivity contribution in [2.75, 3.05) is 5.32 Å². The number of hydrogen-bond acceptors (Lipinski definition) is 2. The third kappa shape index (κ3) is 2.20. The molecule has 2 N–H and O–H groups in total. The predicted molar refractivity (Wildman–Crippen MR) is 71.9 cm³/mol. The van der Waals surface area contributed by atoms with Crippen LogP contribution in [0.5, 0.6) is 0 Å². The second kappa shape index (κ2) is 4.33. The van der Waals surface area contributed by atoms with E-state index in [1.165, 1.54) is 5.39 Å². The molecule has 0 radical (unpaired) electrons. The predicted octanol–water partition coefficient (Wildman–Crippen LogP) is 3.65. The van der Waals surface area contributed by atoms with Gasteiger partial charge in [-0.25, -0.2) is 0 Å². The van der Waals surface area contributed by atoms with Crippen molar-refractivity contribution >= 4 is 33.7 Å². The minimum atomic E-state index is -0.215. The summed E-state index contributed by atoms with van der Waals surface area (Å²) in [5, 5.41) is 14.1. The smallest absolute Gasteiger partial charge is 0.204 e. The molecule has 0 fully saturated rings. The van der Waals surface area contributed by atoms with Crippen molar-refractivity contribution in [2.24, 2.45) is 0 Å². The van der Waals surface area contributed by atoms with Crippen LogP contribution in [-0.2, 0) is 0 Å². The zero-order valence-corrected chi connectivity index (χ0v) is 9.42. The third-order valence-electron chi connectivity index (χ3n) is 2.30. The summed E-state index contributed by atoms with van der Waals surface area (Å²) in [5.41, 5.74) is 1.20. The maximum Gasteiger partial charge on any atom is 0.204 e. The van der Waals surface area contributed by atoms with Crippen molar-refractivity contribution in [1.29, 1.82) is 0 Å². The van der Waals surface area contributed by atoms with Gasteiger partial charge in [0.2, 0.25) is 5.05 Å². The quantitative estimate of drug-likeness (QED) is 0.622. The Labute approximate surface area is 99.2 Å². The lowest BCUT2D eigenvalue weighted by molar-refractivity contribution is 0.570. The molecule has 0 amide bonds. The molecule has 0 atom stereocenters. The molecule has 2 aromatic rings. The Kier molecular flexibility index (Phi) is 2.88. The van der Waals surface area contributed by atoms with Crippen LogP contribution in [0.2, 0.25) is 0 Å². The highest BCUT2D eigenvalue weighted by molar-refractivity contribution is 7.80. The maximum absolute atomic E-state index is 9.06. The third-order valence-corrected chi connectivity index (χ3v) is 2.55. The molecule has 0 saturated carbocycles. The van der Waals surface area contributed by atoms with E-state index < -0.39 is 0 Å². The minimum Gasteiger partial charge on any atom is -0.498 e. The van der Waals surface area contributed by atoms with Crippen molar-refractivity contribution in [1.82, 2.24) is 0 Å². The van der Waals surface area contributed by atoms with Crippen LogP contribution in [0.25, 0.3) is 10.8 Å². The number of hydrogen-bond donors (Lipinski definition) is 2. The fraction of sp³-hybridized carbons (Fsp3) is 0. The Morgan fingerprint density at radius 1 is 1.12 bits per heavy atom. The lowest BCUT2D eigenvalue weighted by Crippen LogP contribution is -2.06. The summed E-state index contributed by atoms with van der Waals surface area (Å²) in [6.07, 6.45) is 0. The van der Waals surface area contributed by atoms with Crippen molar-refractivity contribution < 1.29 is 5.11 Å². The van der Waals surface area contributed by atoms with Gasteiger partial charge >= 0.3 is 0 Å². The molecule has 0 spiro atoms. The highest BCUT2D eigenvalue weighted by Gasteiger charge is 2.00. The van der Waals surface area contributed by atoms with Crippen molar-refractivity contribution in [3.05, 3.63) is 54.7 Å². The molecule has 2 aromatic carbocycles. The molecule has 16 heavy (non-hydrogen) atoms. The number of aliphatic hydroxyl groups excluding tert-OH is 1. The van der Waals surface area contributed by atoms with E-state index in [4.69, 9.17) is 5.11 Å². The first-order valence-corrected chi connectivity index (χ1v) is 5.25. The average molecular weight is 229 g/mol. The van der Waals surface area contributed by atoms with E-state index in [2.05, 4.69) is 24.1 Å². The molecule has 0 aliphatic carbocycles. The Balaban J connectivity index is 2.33. The first-order valence-electron chi connectivity index (χ1n) is 4.85. The second-order valence-electron chi connectivity index (χ2n) is 3.47. The van der Waals surface area contributed by atoms with Crippen LogP contribution in [0.15, 0.2) is 54.7 Å². The van der Waals surface area contributed by atoms with E-state index in [0.29, 0.717) is 5.70 Å². The normalized spacial score (nSPS) is 10.0. The van der Waals surface area contributed by atoms with Crippen LogP contribution in [0.3, 0.4) is 0 Å². The molecule has 0 saturated heterocycles. The number of anilines is 1. The summed E-state index contributed by atoms with van der Waals surface area (Å²) in [7, 11) is 0. The van der Waals surface area contributed by atoms with Gasteiger partial charge in [-0.05, 0) is 35.1 Å². The Morgan fingerprint density at radius 3 is 2.50 bits per heavy atom. The molecule has 0 heterocycles. The molecule has 0 aromatic heterocycles. The van der Waals surface area contributed by atoms with Crippen LogP contribution in [-0.4, -0.2) is 10.2 Å². The average Bonchev–Trinajstić information content (AvgIpc) is 2.28. The summed E-state index contributed by atoms with van der Waals surface area (Å²) < 4.78 is 0. The van der Waals surface area contributed by atoms with Crippen LogP contribution in [0, 0.1) is 0 Å². The molecule has 2 rings (SSSR count). The van der Waals surface area contributed by atoms with Gasteiger partial charge in [-0.2, -0.15) is 0 Å². The van der Waals surface area contributed by atoms with Gasteiger partial charge in [0, 0.05) is 5.69 Å². The van der Waals surface area contributed by atoms with E-state index in [9.17, 15) is 0 Å². The molecule has 0 unspecified atom stereocenters. The SMILES string of the molecule is C=C(Nc1ccc2ccccc2c1)C(O)=S. The van der Waals surface area contributed by atoms with Crippen molar-refractivity contribution in [3.63, 3.8) is 0 Å². The van der Waals surface area contributed by atoms with Gasteiger partial charge in [-0.3, -0.25) is 0 Å². The molecular formula is C13H11NOS. The molecule has 2 nitrogen and oxygen atoms in total. The Morgan fingerprint density at radius 2 is 1.81 bits per heavy atom. The van der Waals surface area contributed by atoms with E-state index in [-0.39, 0.29) is 5.05 Å². The standard InChI is InChI=1S/C13H11NOS/c1-9(13(15)16)14-12-7-6-10-4-2-3-5-11(10)8-12/h2-8,14H,1H2,(H,15,16). The van der Waals surface area contributed by atoms with Gasteiger partial charge in [0.25, 0.3) is 0 Å². The molecule has 0 bridgehead atoms. The lowest BCUT2D eigenvalue weighted by atomic mass is 10.1. The largest absolute Gasteiger partial charge is 0.498 e. The Bertz CT molecular complexity index is 563. The van der Waals surface area contributed by atoms with Gasteiger partial charge in [0.15, 0.2) is 0 Å². The summed E-state index contributed by atoms with van der Waals surface area (Å²) in [5.74, 6) is 0. The van der Waals surface area contributed by atoms with E-state index in [0.717, 1.165) is 11.1 Å². The monoisotopic (exact) mass is 229 g/mol. The van der Waals surface area contributed by atoms with E-state index in [1.54, 1.807) is 0 Å². The first-order chi connectivity index (χ1) is 7.66. The van der Waals surface area contributed by atoms with Crippen LogP contribution >= 0.6 is 12.2 Å². The number of nitrogens with one attached hydrogen (secondary N) is 1. The van der Waals surface area contributed by atoms with Gasteiger partial charge < -0.3 is 10.4 Å². The molecule has 0 aliphatic rings.